The lowest BCUT2D eigenvalue weighted by atomic mass is 10.1. The fraction of sp³-hybridized carbons (Fsp3) is 0.667. The molecule has 0 spiro atoms. The van der Waals surface area contributed by atoms with Crippen LogP contribution in [0.1, 0.15) is 84.5 Å². The van der Waals surface area contributed by atoms with Gasteiger partial charge in [0.1, 0.15) is 0 Å². The standard InChI is InChI=1S/C21H36O2/c1-3-5-6-7-8-9-10-11-12-13-14-15-16-17-18-19-21(22)23-20-4-2/h5-6,8-9,11-12H,3-4,7,10,13-20H2,1-2H3. The third-order valence-electron chi connectivity index (χ3n) is 3.50. The first kappa shape index (κ1) is 21.7. The molecular weight excluding hydrogens is 284 g/mol. The van der Waals surface area contributed by atoms with Gasteiger partial charge in [0.05, 0.1) is 6.61 Å². The van der Waals surface area contributed by atoms with Crippen molar-refractivity contribution in [3.8, 4) is 0 Å². The van der Waals surface area contributed by atoms with E-state index in [2.05, 4.69) is 43.4 Å². The van der Waals surface area contributed by atoms with E-state index in [0.29, 0.717) is 13.0 Å². The van der Waals surface area contributed by atoms with Crippen LogP contribution in [0.4, 0.5) is 0 Å². The van der Waals surface area contributed by atoms with Gasteiger partial charge in [0, 0.05) is 6.42 Å². The summed E-state index contributed by atoms with van der Waals surface area (Å²) in [5.74, 6) is -0.0342. The van der Waals surface area contributed by atoms with Gasteiger partial charge in [0.15, 0.2) is 0 Å². The SMILES string of the molecule is CCC=CCC=CCC=CCCCCCCCC(=O)OCCC. The molecule has 0 saturated carbocycles. The van der Waals surface area contributed by atoms with Crippen LogP contribution in [0.15, 0.2) is 36.5 Å². The first-order chi connectivity index (χ1) is 11.3. The molecule has 0 radical (unpaired) electrons. The summed E-state index contributed by atoms with van der Waals surface area (Å²) in [6.07, 6.45) is 25.1. The fourth-order valence-corrected chi connectivity index (χ4v) is 2.18. The van der Waals surface area contributed by atoms with Crippen molar-refractivity contribution in [2.45, 2.75) is 84.5 Å². The largest absolute Gasteiger partial charge is 0.466 e. The van der Waals surface area contributed by atoms with Crippen molar-refractivity contribution in [3.63, 3.8) is 0 Å². The van der Waals surface area contributed by atoms with Crippen LogP contribution in [0.3, 0.4) is 0 Å². The second-order valence-corrected chi connectivity index (χ2v) is 5.82. The van der Waals surface area contributed by atoms with Gasteiger partial charge < -0.3 is 4.74 Å². The summed E-state index contributed by atoms with van der Waals surface area (Å²) in [6.45, 7) is 4.74. The number of carbonyl (C=O) groups excluding carboxylic acids is 1. The molecule has 23 heavy (non-hydrogen) atoms. The third-order valence-corrected chi connectivity index (χ3v) is 3.50. The minimum atomic E-state index is -0.0342. The van der Waals surface area contributed by atoms with Gasteiger partial charge in [0.2, 0.25) is 0 Å². The Morgan fingerprint density at radius 1 is 0.783 bits per heavy atom. The fourth-order valence-electron chi connectivity index (χ4n) is 2.18. The highest BCUT2D eigenvalue weighted by Crippen LogP contribution is 2.08. The zero-order valence-corrected chi connectivity index (χ0v) is 15.3. The van der Waals surface area contributed by atoms with Crippen molar-refractivity contribution in [3.05, 3.63) is 36.5 Å². The highest BCUT2D eigenvalue weighted by Gasteiger charge is 2.00. The molecule has 0 aromatic heterocycles. The van der Waals surface area contributed by atoms with Crippen molar-refractivity contribution >= 4 is 5.97 Å². The Bertz CT molecular complexity index is 340. The quantitative estimate of drug-likeness (QED) is 0.195. The van der Waals surface area contributed by atoms with Gasteiger partial charge in [-0.1, -0.05) is 69.6 Å². The monoisotopic (exact) mass is 320 g/mol. The maximum atomic E-state index is 11.3. The maximum absolute atomic E-state index is 11.3. The van der Waals surface area contributed by atoms with Crippen LogP contribution in [0, 0.1) is 0 Å². The number of hydrogen-bond donors (Lipinski definition) is 0. The molecule has 0 aromatic carbocycles. The Morgan fingerprint density at radius 3 is 2.09 bits per heavy atom. The van der Waals surface area contributed by atoms with Crippen molar-refractivity contribution in [1.82, 2.24) is 0 Å². The lowest BCUT2D eigenvalue weighted by molar-refractivity contribution is -0.143. The van der Waals surface area contributed by atoms with Gasteiger partial charge >= 0.3 is 5.97 Å². The van der Waals surface area contributed by atoms with E-state index in [1.54, 1.807) is 0 Å². The van der Waals surface area contributed by atoms with Gasteiger partial charge in [-0.15, -0.1) is 0 Å². The van der Waals surface area contributed by atoms with E-state index in [0.717, 1.165) is 38.5 Å². The second kappa shape index (κ2) is 18.7. The van der Waals surface area contributed by atoms with Gasteiger partial charge in [-0.3, -0.25) is 4.79 Å². The van der Waals surface area contributed by atoms with Crippen LogP contribution in [0.2, 0.25) is 0 Å². The Hall–Kier alpha value is -1.31. The molecule has 0 N–H and O–H groups in total. The number of esters is 1. The van der Waals surface area contributed by atoms with Crippen LogP contribution in [-0.4, -0.2) is 12.6 Å². The summed E-state index contributed by atoms with van der Waals surface area (Å²) < 4.78 is 5.05. The van der Waals surface area contributed by atoms with Crippen LogP contribution >= 0.6 is 0 Å². The lowest BCUT2D eigenvalue weighted by Crippen LogP contribution is -2.04. The van der Waals surface area contributed by atoms with Gasteiger partial charge in [-0.25, -0.2) is 0 Å². The van der Waals surface area contributed by atoms with Crippen LogP contribution < -0.4 is 0 Å². The zero-order valence-electron chi connectivity index (χ0n) is 15.3. The minimum Gasteiger partial charge on any atom is -0.466 e. The number of ether oxygens (including phenoxy) is 1. The number of rotatable bonds is 15. The van der Waals surface area contributed by atoms with E-state index >= 15 is 0 Å². The normalized spacial score (nSPS) is 11.9. The van der Waals surface area contributed by atoms with Crippen LogP contribution in [-0.2, 0) is 9.53 Å². The van der Waals surface area contributed by atoms with Crippen LogP contribution in [0.5, 0.6) is 0 Å². The van der Waals surface area contributed by atoms with Gasteiger partial charge in [-0.2, -0.15) is 0 Å². The summed E-state index contributed by atoms with van der Waals surface area (Å²) in [4.78, 5) is 11.3. The molecule has 0 rings (SSSR count). The topological polar surface area (TPSA) is 26.3 Å². The predicted molar refractivity (Wildman–Crippen MR) is 101 cm³/mol. The summed E-state index contributed by atoms with van der Waals surface area (Å²) in [5.41, 5.74) is 0. The van der Waals surface area contributed by atoms with E-state index in [4.69, 9.17) is 4.74 Å². The molecule has 0 aliphatic heterocycles. The average Bonchev–Trinajstić information content (AvgIpc) is 2.56. The molecule has 132 valence electrons. The number of carbonyl (C=O) groups is 1. The van der Waals surface area contributed by atoms with Gasteiger partial charge in [0.25, 0.3) is 0 Å². The van der Waals surface area contributed by atoms with E-state index in [9.17, 15) is 4.79 Å². The molecule has 0 aromatic rings. The average molecular weight is 321 g/mol. The first-order valence-electron chi connectivity index (χ1n) is 9.41. The molecule has 0 saturated heterocycles. The molecule has 0 bridgehead atoms. The molecule has 0 atom stereocenters. The molecule has 2 heteroatoms. The maximum Gasteiger partial charge on any atom is 0.305 e. The highest BCUT2D eigenvalue weighted by atomic mass is 16.5. The summed E-state index contributed by atoms with van der Waals surface area (Å²) in [6, 6.07) is 0. The molecular formula is C21H36O2. The Balaban J connectivity index is 3.28. The van der Waals surface area contributed by atoms with Crippen molar-refractivity contribution in [2.24, 2.45) is 0 Å². The van der Waals surface area contributed by atoms with Crippen molar-refractivity contribution in [2.75, 3.05) is 6.61 Å². The third kappa shape index (κ3) is 18.6. The molecule has 0 heterocycles. The number of allylic oxidation sites excluding steroid dienone is 6. The molecule has 0 aliphatic carbocycles. The van der Waals surface area contributed by atoms with Crippen molar-refractivity contribution in [1.29, 1.82) is 0 Å². The molecule has 0 aliphatic rings. The summed E-state index contributed by atoms with van der Waals surface area (Å²) in [7, 11) is 0. The Labute approximate surface area is 143 Å². The molecule has 0 fully saturated rings. The smallest absolute Gasteiger partial charge is 0.305 e. The lowest BCUT2D eigenvalue weighted by Gasteiger charge is -2.02. The van der Waals surface area contributed by atoms with Crippen LogP contribution in [0.25, 0.3) is 0 Å². The number of unbranched alkanes of at least 4 members (excludes halogenated alkanes) is 5. The summed E-state index contributed by atoms with van der Waals surface area (Å²) in [5, 5.41) is 0. The van der Waals surface area contributed by atoms with E-state index in [-0.39, 0.29) is 5.97 Å². The minimum absolute atomic E-state index is 0.0342. The highest BCUT2D eigenvalue weighted by molar-refractivity contribution is 5.69. The Kier molecular flexibility index (Phi) is 17.7. The Morgan fingerprint density at radius 2 is 1.39 bits per heavy atom. The van der Waals surface area contributed by atoms with Gasteiger partial charge in [-0.05, 0) is 44.9 Å². The molecule has 0 unspecified atom stereocenters. The summed E-state index contributed by atoms with van der Waals surface area (Å²) >= 11 is 0. The van der Waals surface area contributed by atoms with E-state index in [1.807, 2.05) is 6.92 Å². The number of hydrogen-bond acceptors (Lipinski definition) is 2. The zero-order chi connectivity index (χ0) is 17.0. The van der Waals surface area contributed by atoms with Crippen molar-refractivity contribution < 1.29 is 9.53 Å². The molecule has 2 nitrogen and oxygen atoms in total. The van der Waals surface area contributed by atoms with E-state index < -0.39 is 0 Å². The van der Waals surface area contributed by atoms with E-state index in [1.165, 1.54) is 25.7 Å². The predicted octanol–water partition coefficient (Wildman–Crippen LogP) is 6.53. The second-order valence-electron chi connectivity index (χ2n) is 5.82. The first-order valence-corrected chi connectivity index (χ1v) is 9.41. The molecule has 0 amide bonds.